The SMILES string of the molecule is Cn1ccsc1=NC(=O)CCN1C(=O)CCC1=O. The van der Waals surface area contributed by atoms with Gasteiger partial charge < -0.3 is 4.57 Å². The Morgan fingerprint density at radius 1 is 1.39 bits per heavy atom. The molecule has 0 unspecified atom stereocenters. The first-order valence-electron chi connectivity index (χ1n) is 5.59. The summed E-state index contributed by atoms with van der Waals surface area (Å²) in [5.74, 6) is -0.718. The lowest BCUT2D eigenvalue weighted by molar-refractivity contribution is -0.138. The molecule has 0 radical (unpaired) electrons. The van der Waals surface area contributed by atoms with Crippen LogP contribution < -0.4 is 4.80 Å². The summed E-state index contributed by atoms with van der Waals surface area (Å²) >= 11 is 1.37. The average Bonchev–Trinajstić information content (AvgIpc) is 2.85. The molecule has 6 nitrogen and oxygen atoms in total. The third-order valence-electron chi connectivity index (χ3n) is 2.68. The van der Waals surface area contributed by atoms with Gasteiger partial charge in [0.25, 0.3) is 0 Å². The van der Waals surface area contributed by atoms with Crippen molar-refractivity contribution in [1.29, 1.82) is 0 Å². The second kappa shape index (κ2) is 5.26. The highest BCUT2D eigenvalue weighted by molar-refractivity contribution is 7.07. The number of aromatic nitrogens is 1. The zero-order chi connectivity index (χ0) is 13.1. The van der Waals surface area contributed by atoms with Crippen molar-refractivity contribution in [1.82, 2.24) is 9.47 Å². The van der Waals surface area contributed by atoms with Crippen LogP contribution in [-0.4, -0.2) is 33.7 Å². The number of carbonyl (C=O) groups excluding carboxylic acids is 3. The maximum atomic E-state index is 11.6. The lowest BCUT2D eigenvalue weighted by Gasteiger charge is -2.11. The largest absolute Gasteiger partial charge is 0.327 e. The van der Waals surface area contributed by atoms with Gasteiger partial charge in [-0.05, 0) is 0 Å². The Morgan fingerprint density at radius 2 is 2.06 bits per heavy atom. The minimum atomic E-state index is -0.319. The van der Waals surface area contributed by atoms with Crippen LogP contribution >= 0.6 is 11.3 Å². The molecule has 0 bridgehead atoms. The molecule has 1 saturated heterocycles. The number of carbonyl (C=O) groups is 3. The van der Waals surface area contributed by atoms with Crippen molar-refractivity contribution in [3.8, 4) is 0 Å². The van der Waals surface area contributed by atoms with E-state index in [2.05, 4.69) is 4.99 Å². The highest BCUT2D eigenvalue weighted by Gasteiger charge is 2.28. The fourth-order valence-electron chi connectivity index (χ4n) is 1.68. The monoisotopic (exact) mass is 267 g/mol. The van der Waals surface area contributed by atoms with Crippen LogP contribution in [0.4, 0.5) is 0 Å². The van der Waals surface area contributed by atoms with Gasteiger partial charge in [-0.1, -0.05) is 0 Å². The Bertz CT molecular complexity index is 542. The number of hydrogen-bond acceptors (Lipinski definition) is 4. The maximum absolute atomic E-state index is 11.6. The van der Waals surface area contributed by atoms with E-state index >= 15 is 0 Å². The van der Waals surface area contributed by atoms with Gasteiger partial charge in [-0.15, -0.1) is 11.3 Å². The van der Waals surface area contributed by atoms with E-state index in [9.17, 15) is 14.4 Å². The highest BCUT2D eigenvalue weighted by atomic mass is 32.1. The predicted octanol–water partition coefficient (Wildman–Crippen LogP) is 0.0530. The van der Waals surface area contributed by atoms with Crippen LogP contribution in [0.25, 0.3) is 0 Å². The highest BCUT2D eigenvalue weighted by Crippen LogP contribution is 2.11. The Hall–Kier alpha value is -1.76. The summed E-state index contributed by atoms with van der Waals surface area (Å²) in [4.78, 5) is 39.9. The normalized spacial score (nSPS) is 16.7. The molecule has 2 rings (SSSR count). The fraction of sp³-hybridized carbons (Fsp3) is 0.455. The second-order valence-corrected chi connectivity index (χ2v) is 4.86. The number of thiazole rings is 1. The molecular weight excluding hydrogens is 254 g/mol. The topological polar surface area (TPSA) is 71.7 Å². The van der Waals surface area contributed by atoms with E-state index in [1.165, 1.54) is 11.3 Å². The number of amides is 3. The van der Waals surface area contributed by atoms with E-state index in [-0.39, 0.29) is 43.5 Å². The number of imide groups is 1. The van der Waals surface area contributed by atoms with Crippen LogP contribution in [0.3, 0.4) is 0 Å². The molecule has 1 fully saturated rings. The van der Waals surface area contributed by atoms with Crippen LogP contribution in [0.1, 0.15) is 19.3 Å². The van der Waals surface area contributed by atoms with E-state index in [0.29, 0.717) is 4.80 Å². The standard InChI is InChI=1S/C11H13N3O3S/c1-13-6-7-18-11(13)12-8(15)4-5-14-9(16)2-3-10(14)17/h6-7H,2-5H2,1H3. The molecule has 0 aliphatic carbocycles. The molecule has 1 aromatic heterocycles. The number of aryl methyl sites for hydroxylation is 1. The van der Waals surface area contributed by atoms with Gasteiger partial charge in [-0.3, -0.25) is 19.3 Å². The van der Waals surface area contributed by atoms with Crippen LogP contribution in [-0.2, 0) is 21.4 Å². The Kier molecular flexibility index (Phi) is 3.71. The predicted molar refractivity (Wildman–Crippen MR) is 64.4 cm³/mol. The van der Waals surface area contributed by atoms with Gasteiger partial charge >= 0.3 is 0 Å². The van der Waals surface area contributed by atoms with Gasteiger partial charge in [0.1, 0.15) is 0 Å². The van der Waals surface area contributed by atoms with Gasteiger partial charge in [0, 0.05) is 44.4 Å². The molecule has 7 heteroatoms. The first-order chi connectivity index (χ1) is 8.58. The first kappa shape index (κ1) is 12.7. The quantitative estimate of drug-likeness (QED) is 0.727. The molecule has 0 atom stereocenters. The third kappa shape index (κ3) is 2.73. The van der Waals surface area contributed by atoms with Crippen LogP contribution in [0, 0.1) is 0 Å². The smallest absolute Gasteiger partial charge is 0.250 e. The molecule has 0 spiro atoms. The number of rotatable bonds is 3. The van der Waals surface area contributed by atoms with Crippen LogP contribution in [0.15, 0.2) is 16.6 Å². The van der Waals surface area contributed by atoms with Gasteiger partial charge in [-0.25, -0.2) is 0 Å². The van der Waals surface area contributed by atoms with Crippen LogP contribution in [0.5, 0.6) is 0 Å². The summed E-state index contributed by atoms with van der Waals surface area (Å²) in [6.07, 6.45) is 2.40. The Morgan fingerprint density at radius 3 is 2.61 bits per heavy atom. The van der Waals surface area contributed by atoms with E-state index in [0.717, 1.165) is 4.90 Å². The number of hydrogen-bond donors (Lipinski definition) is 0. The third-order valence-corrected chi connectivity index (χ3v) is 3.53. The molecule has 1 aromatic rings. The molecule has 0 N–H and O–H groups in total. The zero-order valence-electron chi connectivity index (χ0n) is 9.96. The van der Waals surface area contributed by atoms with Crippen molar-refractivity contribution in [2.24, 2.45) is 12.0 Å². The van der Waals surface area contributed by atoms with Gasteiger partial charge in [0.05, 0.1) is 0 Å². The van der Waals surface area contributed by atoms with E-state index < -0.39 is 0 Å². The molecule has 18 heavy (non-hydrogen) atoms. The summed E-state index contributed by atoms with van der Waals surface area (Å²) < 4.78 is 1.74. The van der Waals surface area contributed by atoms with E-state index in [1.54, 1.807) is 11.6 Å². The van der Waals surface area contributed by atoms with Crippen molar-refractivity contribution < 1.29 is 14.4 Å². The minimum absolute atomic E-state index is 0.0787. The summed E-state index contributed by atoms with van der Waals surface area (Å²) in [5.41, 5.74) is 0. The van der Waals surface area contributed by atoms with Crippen molar-refractivity contribution in [2.75, 3.05) is 6.54 Å². The molecule has 3 amide bonds. The van der Waals surface area contributed by atoms with Gasteiger partial charge in [-0.2, -0.15) is 4.99 Å². The van der Waals surface area contributed by atoms with Crippen molar-refractivity contribution in [2.45, 2.75) is 19.3 Å². The molecular formula is C11H13N3O3S. The zero-order valence-corrected chi connectivity index (χ0v) is 10.8. The number of likely N-dealkylation sites (tertiary alicyclic amines) is 1. The molecule has 0 saturated carbocycles. The maximum Gasteiger partial charge on any atom is 0.250 e. The average molecular weight is 267 g/mol. The lowest BCUT2D eigenvalue weighted by atomic mass is 10.4. The molecule has 96 valence electrons. The van der Waals surface area contributed by atoms with Gasteiger partial charge in [0.2, 0.25) is 17.7 Å². The summed E-state index contributed by atoms with van der Waals surface area (Å²) in [5, 5.41) is 1.83. The summed E-state index contributed by atoms with van der Waals surface area (Å²) in [6.45, 7) is 0.134. The summed E-state index contributed by atoms with van der Waals surface area (Å²) in [6, 6.07) is 0. The van der Waals surface area contributed by atoms with Crippen molar-refractivity contribution in [3.63, 3.8) is 0 Å². The molecule has 1 aliphatic rings. The second-order valence-electron chi connectivity index (χ2n) is 3.99. The Balaban J connectivity index is 1.95. The molecule has 1 aliphatic heterocycles. The fourth-order valence-corrected chi connectivity index (χ4v) is 2.42. The first-order valence-corrected chi connectivity index (χ1v) is 6.47. The van der Waals surface area contributed by atoms with Gasteiger partial charge in [0.15, 0.2) is 4.80 Å². The van der Waals surface area contributed by atoms with Crippen LogP contribution in [0.2, 0.25) is 0 Å². The molecule has 0 aromatic carbocycles. The number of nitrogens with zero attached hydrogens (tertiary/aromatic N) is 3. The van der Waals surface area contributed by atoms with Crippen molar-refractivity contribution >= 4 is 29.1 Å². The minimum Gasteiger partial charge on any atom is -0.327 e. The van der Waals surface area contributed by atoms with Crippen molar-refractivity contribution in [3.05, 3.63) is 16.4 Å². The van der Waals surface area contributed by atoms with E-state index in [4.69, 9.17) is 0 Å². The Labute approximate surface area is 108 Å². The molecule has 2 heterocycles. The lowest BCUT2D eigenvalue weighted by Crippen LogP contribution is -2.31. The summed E-state index contributed by atoms with van der Waals surface area (Å²) in [7, 11) is 1.80. The van der Waals surface area contributed by atoms with E-state index in [1.807, 2.05) is 11.6 Å².